The van der Waals surface area contributed by atoms with Crippen LogP contribution in [0.1, 0.15) is 11.1 Å². The second-order valence-electron chi connectivity index (χ2n) is 7.02. The molecule has 1 amide bonds. The SMILES string of the molecule is COc1cccc(-c2ccc(=O)n(CCNC(=O)COc3cc(C)c(Cl)c(C)c3)n2)c1. The zero-order chi connectivity index (χ0) is 22.4. The van der Waals surface area contributed by atoms with E-state index in [1.807, 2.05) is 38.1 Å². The molecule has 0 aliphatic heterocycles. The molecule has 0 saturated carbocycles. The Kier molecular flexibility index (Phi) is 7.31. The number of carbonyl (C=O) groups excluding carboxylic acids is 1. The maximum absolute atomic E-state index is 12.1. The smallest absolute Gasteiger partial charge is 0.266 e. The summed E-state index contributed by atoms with van der Waals surface area (Å²) in [6, 6.07) is 14.1. The number of methoxy groups -OCH3 is 1. The summed E-state index contributed by atoms with van der Waals surface area (Å²) in [6.07, 6.45) is 0. The van der Waals surface area contributed by atoms with Crippen molar-refractivity contribution < 1.29 is 14.3 Å². The first-order chi connectivity index (χ1) is 14.9. The van der Waals surface area contributed by atoms with Crippen molar-refractivity contribution in [1.82, 2.24) is 15.1 Å². The van der Waals surface area contributed by atoms with Crippen molar-refractivity contribution in [2.45, 2.75) is 20.4 Å². The van der Waals surface area contributed by atoms with E-state index in [1.165, 1.54) is 10.7 Å². The van der Waals surface area contributed by atoms with Crippen LogP contribution in [0.5, 0.6) is 11.5 Å². The van der Waals surface area contributed by atoms with Crippen LogP contribution in [0.4, 0.5) is 0 Å². The van der Waals surface area contributed by atoms with Crippen LogP contribution >= 0.6 is 11.6 Å². The number of carbonyl (C=O) groups is 1. The summed E-state index contributed by atoms with van der Waals surface area (Å²) in [5, 5.41) is 7.81. The van der Waals surface area contributed by atoms with Crippen LogP contribution in [0.2, 0.25) is 5.02 Å². The molecule has 2 aromatic carbocycles. The molecule has 0 bridgehead atoms. The first-order valence-corrected chi connectivity index (χ1v) is 10.1. The fraction of sp³-hybridized carbons (Fsp3) is 0.261. The Bertz CT molecular complexity index is 1120. The van der Waals surface area contributed by atoms with Crippen molar-refractivity contribution in [3.63, 3.8) is 0 Å². The summed E-state index contributed by atoms with van der Waals surface area (Å²) >= 11 is 6.14. The average Bonchev–Trinajstić information content (AvgIpc) is 2.77. The zero-order valence-electron chi connectivity index (χ0n) is 17.6. The largest absolute Gasteiger partial charge is 0.497 e. The van der Waals surface area contributed by atoms with Crippen molar-refractivity contribution in [2.75, 3.05) is 20.3 Å². The molecule has 0 atom stereocenters. The normalized spacial score (nSPS) is 10.6. The summed E-state index contributed by atoms with van der Waals surface area (Å²) in [7, 11) is 1.59. The predicted molar refractivity (Wildman–Crippen MR) is 120 cm³/mol. The molecule has 0 unspecified atom stereocenters. The lowest BCUT2D eigenvalue weighted by Gasteiger charge is -2.11. The van der Waals surface area contributed by atoms with Gasteiger partial charge in [-0.25, -0.2) is 4.68 Å². The minimum absolute atomic E-state index is 0.132. The highest BCUT2D eigenvalue weighted by Gasteiger charge is 2.08. The fourth-order valence-electron chi connectivity index (χ4n) is 3.04. The highest BCUT2D eigenvalue weighted by atomic mass is 35.5. The summed E-state index contributed by atoms with van der Waals surface area (Å²) < 4.78 is 12.1. The molecule has 1 heterocycles. The lowest BCUT2D eigenvalue weighted by molar-refractivity contribution is -0.123. The van der Waals surface area contributed by atoms with E-state index in [4.69, 9.17) is 21.1 Å². The molecule has 1 N–H and O–H groups in total. The second-order valence-corrected chi connectivity index (χ2v) is 7.40. The van der Waals surface area contributed by atoms with Gasteiger partial charge in [-0.3, -0.25) is 9.59 Å². The fourth-order valence-corrected chi connectivity index (χ4v) is 3.15. The summed E-state index contributed by atoms with van der Waals surface area (Å²) in [5.41, 5.74) is 3.00. The Hall–Kier alpha value is -3.32. The van der Waals surface area contributed by atoms with E-state index in [9.17, 15) is 9.59 Å². The van der Waals surface area contributed by atoms with Gasteiger partial charge in [-0.2, -0.15) is 5.10 Å². The molecule has 0 aliphatic carbocycles. The van der Waals surface area contributed by atoms with Gasteiger partial charge in [0.1, 0.15) is 11.5 Å². The van der Waals surface area contributed by atoms with Crippen molar-refractivity contribution in [3.05, 3.63) is 75.0 Å². The van der Waals surface area contributed by atoms with Crippen molar-refractivity contribution in [3.8, 4) is 22.8 Å². The molecule has 31 heavy (non-hydrogen) atoms. The van der Waals surface area contributed by atoms with E-state index in [-0.39, 0.29) is 31.2 Å². The number of aromatic nitrogens is 2. The van der Waals surface area contributed by atoms with Crippen molar-refractivity contribution >= 4 is 17.5 Å². The monoisotopic (exact) mass is 441 g/mol. The van der Waals surface area contributed by atoms with Crippen LogP contribution in [0.3, 0.4) is 0 Å². The molecule has 1 aromatic heterocycles. The summed E-state index contributed by atoms with van der Waals surface area (Å²) in [6.45, 7) is 4.11. The summed E-state index contributed by atoms with van der Waals surface area (Å²) in [5.74, 6) is 0.996. The quantitative estimate of drug-likeness (QED) is 0.579. The van der Waals surface area contributed by atoms with Gasteiger partial charge in [0, 0.05) is 23.2 Å². The third-order valence-corrected chi connectivity index (χ3v) is 5.25. The molecule has 0 saturated heterocycles. The number of amides is 1. The van der Waals surface area contributed by atoms with Crippen LogP contribution in [-0.4, -0.2) is 35.9 Å². The van der Waals surface area contributed by atoms with E-state index < -0.39 is 0 Å². The Morgan fingerprint density at radius 3 is 2.55 bits per heavy atom. The van der Waals surface area contributed by atoms with Crippen LogP contribution in [0, 0.1) is 13.8 Å². The van der Waals surface area contributed by atoms with Gasteiger partial charge in [-0.05, 0) is 55.3 Å². The number of rotatable bonds is 8. The highest BCUT2D eigenvalue weighted by molar-refractivity contribution is 6.32. The first-order valence-electron chi connectivity index (χ1n) is 9.76. The number of nitrogens with one attached hydrogen (secondary N) is 1. The Labute approximate surface area is 185 Å². The van der Waals surface area contributed by atoms with E-state index in [0.29, 0.717) is 22.2 Å². The third-order valence-electron chi connectivity index (χ3n) is 4.66. The van der Waals surface area contributed by atoms with E-state index >= 15 is 0 Å². The molecular formula is C23H24ClN3O4. The van der Waals surface area contributed by atoms with E-state index in [0.717, 1.165) is 16.7 Å². The predicted octanol–water partition coefficient (Wildman–Crippen LogP) is 3.38. The Balaban J connectivity index is 1.56. The standard InChI is InChI=1S/C23H24ClN3O4/c1-15-11-19(12-16(2)23(15)24)31-14-21(28)25-9-10-27-22(29)8-7-20(26-27)17-5-4-6-18(13-17)30-3/h4-8,11-13H,9-10,14H2,1-3H3,(H,25,28). The van der Waals surface area contributed by atoms with Crippen LogP contribution in [-0.2, 0) is 11.3 Å². The van der Waals surface area contributed by atoms with Gasteiger partial charge in [0.05, 0.1) is 19.3 Å². The van der Waals surface area contributed by atoms with E-state index in [1.54, 1.807) is 25.3 Å². The maximum Gasteiger partial charge on any atom is 0.266 e. The van der Waals surface area contributed by atoms with Gasteiger partial charge in [0.2, 0.25) is 0 Å². The molecule has 3 rings (SSSR count). The zero-order valence-corrected chi connectivity index (χ0v) is 18.4. The number of nitrogens with zero attached hydrogens (tertiary/aromatic N) is 2. The summed E-state index contributed by atoms with van der Waals surface area (Å²) in [4.78, 5) is 24.2. The average molecular weight is 442 g/mol. The van der Waals surface area contributed by atoms with Crippen molar-refractivity contribution in [2.24, 2.45) is 0 Å². The number of aryl methyl sites for hydroxylation is 2. The molecule has 3 aromatic rings. The van der Waals surface area contributed by atoms with E-state index in [2.05, 4.69) is 10.4 Å². The number of hydrogen-bond acceptors (Lipinski definition) is 5. The van der Waals surface area contributed by atoms with Crippen molar-refractivity contribution in [1.29, 1.82) is 0 Å². The topological polar surface area (TPSA) is 82.5 Å². The van der Waals surface area contributed by atoms with Gasteiger partial charge in [0.15, 0.2) is 6.61 Å². The molecule has 0 aliphatic rings. The highest BCUT2D eigenvalue weighted by Crippen LogP contribution is 2.25. The minimum Gasteiger partial charge on any atom is -0.497 e. The van der Waals surface area contributed by atoms with Gasteiger partial charge < -0.3 is 14.8 Å². The molecule has 7 nitrogen and oxygen atoms in total. The third kappa shape index (κ3) is 5.86. The number of ether oxygens (including phenoxy) is 2. The maximum atomic E-state index is 12.1. The lowest BCUT2D eigenvalue weighted by atomic mass is 10.1. The van der Waals surface area contributed by atoms with Gasteiger partial charge in [0.25, 0.3) is 11.5 Å². The van der Waals surface area contributed by atoms with Gasteiger partial charge in [-0.1, -0.05) is 23.7 Å². The molecule has 0 fully saturated rings. The Morgan fingerprint density at radius 2 is 1.84 bits per heavy atom. The molecule has 8 heteroatoms. The molecule has 0 radical (unpaired) electrons. The first kappa shape index (κ1) is 22.4. The molecule has 162 valence electrons. The van der Waals surface area contributed by atoms with Gasteiger partial charge >= 0.3 is 0 Å². The number of benzene rings is 2. The molecule has 0 spiro atoms. The number of halogens is 1. The molecular weight excluding hydrogens is 418 g/mol. The van der Waals surface area contributed by atoms with Crippen LogP contribution in [0.25, 0.3) is 11.3 Å². The second kappa shape index (κ2) is 10.1. The number of hydrogen-bond donors (Lipinski definition) is 1. The Morgan fingerprint density at radius 1 is 1.10 bits per heavy atom. The van der Waals surface area contributed by atoms with Gasteiger partial charge in [-0.15, -0.1) is 0 Å². The van der Waals surface area contributed by atoms with Crippen LogP contribution in [0.15, 0.2) is 53.3 Å². The van der Waals surface area contributed by atoms with Crippen LogP contribution < -0.4 is 20.3 Å². The lowest BCUT2D eigenvalue weighted by Crippen LogP contribution is -2.34. The minimum atomic E-state index is -0.290.